The molecule has 0 atom stereocenters. The van der Waals surface area contributed by atoms with Gasteiger partial charge in [-0.3, -0.25) is 4.79 Å². The van der Waals surface area contributed by atoms with Crippen LogP contribution in [-0.2, 0) is 6.18 Å². The second-order valence-corrected chi connectivity index (χ2v) is 5.29. The van der Waals surface area contributed by atoms with E-state index in [0.29, 0.717) is 10.6 Å². The van der Waals surface area contributed by atoms with E-state index in [1.54, 1.807) is 0 Å². The lowest BCUT2D eigenvalue weighted by Gasteiger charge is -2.12. The molecule has 3 aromatic heterocycles. The molecule has 3 rings (SSSR count). The number of nitrogens with one attached hydrogen (secondary N) is 1. The van der Waals surface area contributed by atoms with Crippen LogP contribution in [0.3, 0.4) is 0 Å². The van der Waals surface area contributed by atoms with E-state index in [9.17, 15) is 18.0 Å². The van der Waals surface area contributed by atoms with Gasteiger partial charge < -0.3 is 14.8 Å². The van der Waals surface area contributed by atoms with Crippen LogP contribution in [-0.4, -0.2) is 45.1 Å². The van der Waals surface area contributed by atoms with Gasteiger partial charge in [0.1, 0.15) is 0 Å². The predicted octanol–water partition coefficient (Wildman–Crippen LogP) is 2.35. The number of hydrogen-bond donors (Lipinski definition) is 1. The molecule has 0 aliphatic rings. The first-order valence-electron chi connectivity index (χ1n) is 7.68. The standard InChI is InChI=1S/C16H13F3N6O3/c1-27-12-5-3-9(7-20-12)22-15(26)10-8-21-25(14(10)16(17,18)19)11-4-6-13(28-2)24-23-11/h3-8H,1-2H3,(H,22,26). The van der Waals surface area contributed by atoms with Crippen molar-refractivity contribution >= 4 is 11.6 Å². The SMILES string of the molecule is COc1ccc(NC(=O)c2cnn(-c3ccc(OC)nn3)c2C(F)(F)F)cn1. The van der Waals surface area contributed by atoms with Crippen LogP contribution < -0.4 is 14.8 Å². The highest BCUT2D eigenvalue weighted by atomic mass is 19.4. The number of alkyl halides is 3. The Hall–Kier alpha value is -3.70. The van der Waals surface area contributed by atoms with Crippen molar-refractivity contribution in [3.8, 4) is 17.6 Å². The Kier molecular flexibility index (Phi) is 5.11. The zero-order chi connectivity index (χ0) is 20.3. The zero-order valence-corrected chi connectivity index (χ0v) is 14.6. The summed E-state index contributed by atoms with van der Waals surface area (Å²) in [5.41, 5.74) is -1.78. The highest BCUT2D eigenvalue weighted by Gasteiger charge is 2.41. The summed E-state index contributed by atoms with van der Waals surface area (Å²) in [6, 6.07) is 5.46. The van der Waals surface area contributed by atoms with Crippen LogP contribution in [0.25, 0.3) is 5.82 Å². The maximum atomic E-state index is 13.6. The molecule has 0 bridgehead atoms. The number of nitrogens with zero attached hydrogens (tertiary/aromatic N) is 5. The van der Waals surface area contributed by atoms with E-state index in [0.717, 1.165) is 6.20 Å². The summed E-state index contributed by atoms with van der Waals surface area (Å²) in [5, 5.41) is 13.2. The average Bonchev–Trinajstić information content (AvgIpc) is 3.14. The second kappa shape index (κ2) is 7.50. The number of halogens is 3. The summed E-state index contributed by atoms with van der Waals surface area (Å²) >= 11 is 0. The largest absolute Gasteiger partial charge is 0.481 e. The summed E-state index contributed by atoms with van der Waals surface area (Å²) in [6.45, 7) is 0. The van der Waals surface area contributed by atoms with E-state index in [4.69, 9.17) is 9.47 Å². The van der Waals surface area contributed by atoms with Crippen LogP contribution in [0.5, 0.6) is 11.8 Å². The molecule has 9 nitrogen and oxygen atoms in total. The Balaban J connectivity index is 1.96. The molecule has 0 aliphatic carbocycles. The molecular formula is C16H13F3N6O3. The van der Waals surface area contributed by atoms with E-state index in [1.165, 1.54) is 44.7 Å². The maximum Gasteiger partial charge on any atom is 0.434 e. The molecule has 3 heterocycles. The maximum absolute atomic E-state index is 13.6. The van der Waals surface area contributed by atoms with Gasteiger partial charge in [0.25, 0.3) is 5.91 Å². The number of carbonyl (C=O) groups is 1. The number of anilines is 1. The number of rotatable bonds is 5. The van der Waals surface area contributed by atoms with Crippen LogP contribution in [0.4, 0.5) is 18.9 Å². The first-order chi connectivity index (χ1) is 13.3. The van der Waals surface area contributed by atoms with Gasteiger partial charge in [0.05, 0.1) is 37.9 Å². The minimum absolute atomic E-state index is 0.120. The molecule has 0 radical (unpaired) electrons. The smallest absolute Gasteiger partial charge is 0.434 e. The lowest BCUT2D eigenvalue weighted by molar-refractivity contribution is -0.143. The Morgan fingerprint density at radius 2 is 1.75 bits per heavy atom. The van der Waals surface area contributed by atoms with Gasteiger partial charge in [-0.15, -0.1) is 10.2 Å². The molecule has 0 unspecified atom stereocenters. The molecule has 12 heteroatoms. The first-order valence-corrected chi connectivity index (χ1v) is 7.68. The minimum Gasteiger partial charge on any atom is -0.481 e. The van der Waals surface area contributed by atoms with Crippen LogP contribution in [0, 0.1) is 0 Å². The van der Waals surface area contributed by atoms with E-state index in [-0.39, 0.29) is 17.4 Å². The van der Waals surface area contributed by atoms with Crippen molar-refractivity contribution in [2.24, 2.45) is 0 Å². The molecule has 28 heavy (non-hydrogen) atoms. The zero-order valence-electron chi connectivity index (χ0n) is 14.6. The minimum atomic E-state index is -4.87. The van der Waals surface area contributed by atoms with E-state index in [1.807, 2.05) is 0 Å². The van der Waals surface area contributed by atoms with Crippen molar-refractivity contribution in [1.29, 1.82) is 0 Å². The predicted molar refractivity (Wildman–Crippen MR) is 89.5 cm³/mol. The summed E-state index contributed by atoms with van der Waals surface area (Å²) in [6.07, 6.45) is -2.81. The van der Waals surface area contributed by atoms with E-state index < -0.39 is 23.3 Å². The number of pyridine rings is 1. The Labute approximate surface area is 156 Å². The number of amides is 1. The fourth-order valence-electron chi connectivity index (χ4n) is 2.27. The van der Waals surface area contributed by atoms with Gasteiger partial charge in [-0.2, -0.15) is 18.3 Å². The summed E-state index contributed by atoms with van der Waals surface area (Å²) in [7, 11) is 2.75. The van der Waals surface area contributed by atoms with Gasteiger partial charge in [-0.1, -0.05) is 0 Å². The fraction of sp³-hybridized carbons (Fsp3) is 0.188. The van der Waals surface area contributed by atoms with Gasteiger partial charge in [0.15, 0.2) is 11.5 Å². The number of carbonyl (C=O) groups excluding carboxylic acids is 1. The molecule has 0 spiro atoms. The average molecular weight is 394 g/mol. The van der Waals surface area contributed by atoms with Gasteiger partial charge >= 0.3 is 6.18 Å². The normalized spacial score (nSPS) is 11.2. The fourth-order valence-corrected chi connectivity index (χ4v) is 2.27. The first kappa shape index (κ1) is 19.1. The number of methoxy groups -OCH3 is 2. The molecule has 0 aliphatic heterocycles. The van der Waals surface area contributed by atoms with Crippen molar-refractivity contribution in [3.05, 3.63) is 47.9 Å². The van der Waals surface area contributed by atoms with Crippen molar-refractivity contribution in [2.75, 3.05) is 19.5 Å². The molecule has 1 N–H and O–H groups in total. The van der Waals surface area contributed by atoms with Gasteiger partial charge in [-0.05, 0) is 12.1 Å². The Morgan fingerprint density at radius 1 is 1.04 bits per heavy atom. The van der Waals surface area contributed by atoms with E-state index in [2.05, 4.69) is 25.6 Å². The summed E-state index contributed by atoms with van der Waals surface area (Å²) < 4.78 is 51.1. The van der Waals surface area contributed by atoms with Crippen LogP contribution in [0.2, 0.25) is 0 Å². The monoisotopic (exact) mass is 394 g/mol. The molecule has 0 fully saturated rings. The lowest BCUT2D eigenvalue weighted by atomic mass is 10.2. The van der Waals surface area contributed by atoms with Crippen LogP contribution >= 0.6 is 0 Å². The lowest BCUT2D eigenvalue weighted by Crippen LogP contribution is -2.21. The third-order valence-electron chi connectivity index (χ3n) is 3.54. The highest BCUT2D eigenvalue weighted by molar-refractivity contribution is 6.05. The molecule has 146 valence electrons. The molecule has 1 amide bonds. The van der Waals surface area contributed by atoms with Crippen molar-refractivity contribution < 1.29 is 27.4 Å². The number of aromatic nitrogens is 5. The molecular weight excluding hydrogens is 381 g/mol. The van der Waals surface area contributed by atoms with Crippen molar-refractivity contribution in [2.45, 2.75) is 6.18 Å². The van der Waals surface area contributed by atoms with E-state index >= 15 is 0 Å². The number of ether oxygens (including phenoxy) is 2. The second-order valence-electron chi connectivity index (χ2n) is 5.29. The summed E-state index contributed by atoms with van der Waals surface area (Å²) in [4.78, 5) is 16.3. The van der Waals surface area contributed by atoms with Gasteiger partial charge in [-0.25, -0.2) is 9.67 Å². The molecule has 3 aromatic rings. The quantitative estimate of drug-likeness (QED) is 0.708. The molecule has 0 saturated carbocycles. The molecule has 0 saturated heterocycles. The van der Waals surface area contributed by atoms with Gasteiger partial charge in [0, 0.05) is 12.1 Å². The van der Waals surface area contributed by atoms with Crippen molar-refractivity contribution in [1.82, 2.24) is 25.0 Å². The van der Waals surface area contributed by atoms with Crippen molar-refractivity contribution in [3.63, 3.8) is 0 Å². The summed E-state index contributed by atoms with van der Waals surface area (Å²) in [5.74, 6) is -0.820. The van der Waals surface area contributed by atoms with Crippen LogP contribution in [0.15, 0.2) is 36.7 Å². The Bertz CT molecular complexity index is 971. The van der Waals surface area contributed by atoms with Gasteiger partial charge in [0.2, 0.25) is 11.8 Å². The molecule has 0 aromatic carbocycles. The third-order valence-corrected chi connectivity index (χ3v) is 3.54. The number of hydrogen-bond acceptors (Lipinski definition) is 7. The third kappa shape index (κ3) is 3.84. The highest BCUT2D eigenvalue weighted by Crippen LogP contribution is 2.33. The van der Waals surface area contributed by atoms with Crippen LogP contribution in [0.1, 0.15) is 16.1 Å². The topological polar surface area (TPSA) is 104 Å². The Morgan fingerprint density at radius 3 is 2.29 bits per heavy atom.